The second kappa shape index (κ2) is 7.06. The Hall–Kier alpha value is -2.05. The lowest BCUT2D eigenvalue weighted by Gasteiger charge is -2.37. The molecule has 2 fully saturated rings. The van der Waals surface area contributed by atoms with Crippen LogP contribution in [0.5, 0.6) is 5.75 Å². The van der Waals surface area contributed by atoms with E-state index in [1.54, 1.807) is 23.1 Å². The molecule has 2 aliphatic heterocycles. The lowest BCUT2D eigenvalue weighted by atomic mass is 10.1. The van der Waals surface area contributed by atoms with Gasteiger partial charge in [-0.25, -0.2) is 4.68 Å². The first-order chi connectivity index (χ1) is 12.2. The number of hydrogen-bond donors (Lipinski definition) is 0. The third-order valence-corrected chi connectivity index (χ3v) is 5.12. The highest BCUT2D eigenvalue weighted by molar-refractivity contribution is 6.30. The van der Waals surface area contributed by atoms with Crippen molar-refractivity contribution in [3.63, 3.8) is 0 Å². The van der Waals surface area contributed by atoms with Crippen LogP contribution in [0.15, 0.2) is 36.7 Å². The number of amides is 1. The molecule has 7 heteroatoms. The maximum absolute atomic E-state index is 12.8. The highest BCUT2D eigenvalue weighted by Crippen LogP contribution is 2.23. The minimum Gasteiger partial charge on any atom is -0.471 e. The number of ether oxygens (including phenoxy) is 1. The molecule has 25 heavy (non-hydrogen) atoms. The highest BCUT2D eigenvalue weighted by atomic mass is 35.5. The summed E-state index contributed by atoms with van der Waals surface area (Å²) in [6.07, 6.45) is 5.69. The average Bonchev–Trinajstić information content (AvgIpc) is 3.27. The van der Waals surface area contributed by atoms with Crippen molar-refractivity contribution < 1.29 is 9.53 Å². The first-order valence-electron chi connectivity index (χ1n) is 8.63. The van der Waals surface area contributed by atoms with Gasteiger partial charge in [0.15, 0.2) is 6.73 Å². The summed E-state index contributed by atoms with van der Waals surface area (Å²) in [6.45, 7) is 4.03. The van der Waals surface area contributed by atoms with Gasteiger partial charge in [-0.3, -0.25) is 9.69 Å². The van der Waals surface area contributed by atoms with Crippen molar-refractivity contribution in [1.82, 2.24) is 19.6 Å². The fourth-order valence-corrected chi connectivity index (χ4v) is 3.78. The van der Waals surface area contributed by atoms with Crippen molar-refractivity contribution >= 4 is 17.5 Å². The first-order valence-corrected chi connectivity index (χ1v) is 9.01. The van der Waals surface area contributed by atoms with Gasteiger partial charge in [0.05, 0.1) is 11.2 Å². The SMILES string of the molecule is O=C(c1cccc(OCn2cc(Cl)cn2)c1)N1CCN2CCC[C@H]2C1. The fraction of sp³-hybridized carbons (Fsp3) is 0.444. The predicted octanol–water partition coefficient (Wildman–Crippen LogP) is 2.49. The molecule has 2 saturated heterocycles. The summed E-state index contributed by atoms with van der Waals surface area (Å²) in [6, 6.07) is 7.87. The van der Waals surface area contributed by atoms with E-state index in [0.29, 0.717) is 22.4 Å². The molecule has 2 aliphatic rings. The molecule has 132 valence electrons. The van der Waals surface area contributed by atoms with Gasteiger partial charge in [-0.05, 0) is 37.6 Å². The Morgan fingerprint density at radius 1 is 1.32 bits per heavy atom. The molecule has 0 bridgehead atoms. The molecule has 2 aromatic rings. The Morgan fingerprint density at radius 2 is 2.24 bits per heavy atom. The summed E-state index contributed by atoms with van der Waals surface area (Å²) in [7, 11) is 0. The molecule has 0 radical (unpaired) electrons. The van der Waals surface area contributed by atoms with Crippen molar-refractivity contribution in [2.24, 2.45) is 0 Å². The zero-order chi connectivity index (χ0) is 17.2. The molecule has 0 spiro atoms. The average molecular weight is 361 g/mol. The van der Waals surface area contributed by atoms with Crippen LogP contribution in [0.25, 0.3) is 0 Å². The third kappa shape index (κ3) is 3.65. The molecule has 0 N–H and O–H groups in total. The summed E-state index contributed by atoms with van der Waals surface area (Å²) in [4.78, 5) is 17.3. The molecule has 0 unspecified atom stereocenters. The number of nitrogens with zero attached hydrogens (tertiary/aromatic N) is 4. The van der Waals surface area contributed by atoms with Crippen LogP contribution in [0.4, 0.5) is 0 Å². The topological polar surface area (TPSA) is 50.6 Å². The van der Waals surface area contributed by atoms with E-state index in [9.17, 15) is 4.79 Å². The predicted molar refractivity (Wildman–Crippen MR) is 94.8 cm³/mol. The molecule has 6 nitrogen and oxygen atoms in total. The zero-order valence-corrected chi connectivity index (χ0v) is 14.7. The van der Waals surface area contributed by atoms with E-state index in [1.165, 1.54) is 19.4 Å². The maximum Gasteiger partial charge on any atom is 0.254 e. The van der Waals surface area contributed by atoms with Crippen molar-refractivity contribution in [2.45, 2.75) is 25.6 Å². The van der Waals surface area contributed by atoms with Crippen LogP contribution in [-0.2, 0) is 6.73 Å². The van der Waals surface area contributed by atoms with Crippen LogP contribution in [0.1, 0.15) is 23.2 Å². The third-order valence-electron chi connectivity index (χ3n) is 4.92. The number of benzene rings is 1. The Morgan fingerprint density at radius 3 is 3.08 bits per heavy atom. The van der Waals surface area contributed by atoms with Gasteiger partial charge < -0.3 is 9.64 Å². The lowest BCUT2D eigenvalue weighted by Crippen LogP contribution is -2.52. The van der Waals surface area contributed by atoms with E-state index in [0.717, 1.165) is 19.6 Å². The highest BCUT2D eigenvalue weighted by Gasteiger charge is 2.32. The van der Waals surface area contributed by atoms with Gasteiger partial charge in [0.1, 0.15) is 5.75 Å². The van der Waals surface area contributed by atoms with E-state index in [4.69, 9.17) is 16.3 Å². The van der Waals surface area contributed by atoms with Crippen LogP contribution in [-0.4, -0.2) is 57.7 Å². The second-order valence-corrected chi connectivity index (χ2v) is 7.02. The number of piperazine rings is 1. The van der Waals surface area contributed by atoms with Gasteiger partial charge in [0, 0.05) is 37.4 Å². The summed E-state index contributed by atoms with van der Waals surface area (Å²) in [5.41, 5.74) is 0.669. The summed E-state index contributed by atoms with van der Waals surface area (Å²) in [5.74, 6) is 0.733. The molecule has 0 aliphatic carbocycles. The summed E-state index contributed by atoms with van der Waals surface area (Å²) < 4.78 is 7.32. The van der Waals surface area contributed by atoms with E-state index < -0.39 is 0 Å². The van der Waals surface area contributed by atoms with Gasteiger partial charge in [0.25, 0.3) is 5.91 Å². The van der Waals surface area contributed by atoms with Crippen LogP contribution in [0, 0.1) is 0 Å². The van der Waals surface area contributed by atoms with Crippen molar-refractivity contribution in [3.05, 3.63) is 47.2 Å². The Kier molecular flexibility index (Phi) is 4.63. The number of hydrogen-bond acceptors (Lipinski definition) is 4. The Labute approximate surface area is 151 Å². The van der Waals surface area contributed by atoms with Crippen LogP contribution >= 0.6 is 11.6 Å². The number of rotatable bonds is 4. The molecule has 3 heterocycles. The van der Waals surface area contributed by atoms with Crippen molar-refractivity contribution in [3.8, 4) is 5.75 Å². The quantitative estimate of drug-likeness (QED) is 0.840. The molecule has 4 rings (SSSR count). The van der Waals surface area contributed by atoms with E-state index in [2.05, 4.69) is 10.00 Å². The summed E-state index contributed by atoms with van der Waals surface area (Å²) in [5, 5.41) is 4.64. The van der Waals surface area contributed by atoms with Crippen LogP contribution in [0.2, 0.25) is 5.02 Å². The number of carbonyl (C=O) groups excluding carboxylic acids is 1. The van der Waals surface area contributed by atoms with E-state index in [-0.39, 0.29) is 12.6 Å². The van der Waals surface area contributed by atoms with E-state index >= 15 is 0 Å². The smallest absolute Gasteiger partial charge is 0.254 e. The van der Waals surface area contributed by atoms with Crippen LogP contribution < -0.4 is 4.74 Å². The molecule has 1 aromatic carbocycles. The number of halogens is 1. The van der Waals surface area contributed by atoms with Gasteiger partial charge in [-0.1, -0.05) is 17.7 Å². The monoisotopic (exact) mass is 360 g/mol. The number of fused-ring (bicyclic) bond motifs is 1. The number of carbonyl (C=O) groups is 1. The lowest BCUT2D eigenvalue weighted by molar-refractivity contribution is 0.0571. The zero-order valence-electron chi connectivity index (χ0n) is 14.0. The largest absolute Gasteiger partial charge is 0.471 e. The Bertz CT molecular complexity index is 763. The minimum atomic E-state index is 0.0825. The molecule has 1 amide bonds. The normalized spacial score (nSPS) is 20.5. The Balaban J connectivity index is 1.40. The van der Waals surface area contributed by atoms with Gasteiger partial charge >= 0.3 is 0 Å². The van der Waals surface area contributed by atoms with Gasteiger partial charge in [0.2, 0.25) is 0 Å². The maximum atomic E-state index is 12.8. The molecule has 0 saturated carbocycles. The first kappa shape index (κ1) is 16.4. The fourth-order valence-electron chi connectivity index (χ4n) is 3.63. The second-order valence-electron chi connectivity index (χ2n) is 6.58. The summed E-state index contributed by atoms with van der Waals surface area (Å²) >= 11 is 5.84. The van der Waals surface area contributed by atoms with Crippen LogP contribution in [0.3, 0.4) is 0 Å². The standard InChI is InChI=1S/C18H21ClN4O2/c19-15-10-20-23(11-15)13-25-17-5-1-3-14(9-17)18(24)22-8-7-21-6-2-4-16(21)12-22/h1,3,5,9-11,16H,2,4,6-8,12-13H2/t16-/m0/s1. The van der Waals surface area contributed by atoms with Crippen molar-refractivity contribution in [2.75, 3.05) is 26.2 Å². The number of aromatic nitrogens is 2. The molecule has 1 aromatic heterocycles. The molecular formula is C18H21ClN4O2. The van der Waals surface area contributed by atoms with E-state index in [1.807, 2.05) is 23.1 Å². The molecule has 1 atom stereocenters. The van der Waals surface area contributed by atoms with Gasteiger partial charge in [-0.15, -0.1) is 0 Å². The molecular weight excluding hydrogens is 340 g/mol. The minimum absolute atomic E-state index is 0.0825. The van der Waals surface area contributed by atoms with Crippen molar-refractivity contribution in [1.29, 1.82) is 0 Å². The van der Waals surface area contributed by atoms with Gasteiger partial charge in [-0.2, -0.15) is 5.10 Å².